The molecule has 0 spiro atoms. The number of rotatable bonds is 2. The fraction of sp³-hybridized carbons (Fsp3) is 0.429. The Labute approximate surface area is 79.8 Å². The zero-order chi connectivity index (χ0) is 9.30. The molecule has 0 atom stereocenters. The van der Waals surface area contributed by atoms with E-state index in [0.29, 0.717) is 11.5 Å². The molecule has 1 aromatic rings. The van der Waals surface area contributed by atoms with Crippen LogP contribution in [-0.2, 0) is 6.54 Å². The van der Waals surface area contributed by atoms with Crippen LogP contribution in [0.3, 0.4) is 0 Å². The Morgan fingerprint density at radius 3 is 2.58 bits per heavy atom. The molecule has 1 heterocycles. The van der Waals surface area contributed by atoms with Crippen molar-refractivity contribution in [2.45, 2.75) is 20.4 Å². The number of hydrogen-bond acceptors (Lipinski definition) is 3. The van der Waals surface area contributed by atoms with Gasteiger partial charge in [-0.3, -0.25) is 9.36 Å². The molecule has 5 heteroatoms. The molecule has 0 saturated carbocycles. The highest BCUT2D eigenvalue weighted by molar-refractivity contribution is 7.80. The molecule has 0 aliphatic heterocycles. The molecule has 0 fully saturated rings. The average Bonchev–Trinajstić information content (AvgIpc) is 2.16. The topological polar surface area (TPSA) is 48.0 Å². The molecule has 0 aromatic carbocycles. The Balaban J connectivity index is 3.14. The van der Waals surface area contributed by atoms with Crippen LogP contribution in [0.5, 0.6) is 0 Å². The van der Waals surface area contributed by atoms with Gasteiger partial charge in [0.25, 0.3) is 0 Å². The predicted octanol–water partition coefficient (Wildman–Crippen LogP) is 0.813. The molecule has 0 aliphatic rings. The first kappa shape index (κ1) is 9.41. The second-order valence-electron chi connectivity index (χ2n) is 2.56. The molecular formula is C7H10N2OS2. The summed E-state index contributed by atoms with van der Waals surface area (Å²) in [4.78, 5) is 12.6. The number of hydrogen-bond donors (Lipinski definition) is 1. The fourth-order valence-electron chi connectivity index (χ4n) is 0.926. The van der Waals surface area contributed by atoms with Crippen LogP contribution in [0.2, 0.25) is 0 Å². The maximum absolute atomic E-state index is 11.3. The third-order valence-corrected chi connectivity index (χ3v) is 2.81. The van der Waals surface area contributed by atoms with Crippen LogP contribution in [-0.4, -0.2) is 9.56 Å². The van der Waals surface area contributed by atoms with E-state index in [1.54, 1.807) is 4.57 Å². The number of thiazole rings is 1. The Kier molecular flexibility index (Phi) is 2.64. The summed E-state index contributed by atoms with van der Waals surface area (Å²) in [6, 6.07) is 0. The lowest BCUT2D eigenvalue weighted by molar-refractivity contribution is 0.798. The van der Waals surface area contributed by atoms with Crippen molar-refractivity contribution in [2.75, 3.05) is 0 Å². The van der Waals surface area contributed by atoms with E-state index in [-0.39, 0.29) is 4.87 Å². The molecule has 0 unspecified atom stereocenters. The number of thiocarbonyl (C=S) groups is 1. The van der Waals surface area contributed by atoms with E-state index in [9.17, 15) is 4.79 Å². The van der Waals surface area contributed by atoms with Crippen molar-refractivity contribution < 1.29 is 0 Å². The van der Waals surface area contributed by atoms with Crippen LogP contribution in [0.1, 0.15) is 10.6 Å². The molecule has 1 aromatic heterocycles. The maximum Gasteiger partial charge on any atom is 0.307 e. The van der Waals surface area contributed by atoms with Crippen LogP contribution < -0.4 is 10.6 Å². The van der Waals surface area contributed by atoms with E-state index in [4.69, 9.17) is 18.0 Å². The molecule has 0 radical (unpaired) electrons. The zero-order valence-corrected chi connectivity index (χ0v) is 8.59. The number of nitrogens with zero attached hydrogens (tertiary/aromatic N) is 1. The third kappa shape index (κ3) is 1.73. The van der Waals surface area contributed by atoms with Crippen molar-refractivity contribution in [3.05, 3.63) is 20.2 Å². The van der Waals surface area contributed by atoms with Crippen LogP contribution in [0.25, 0.3) is 0 Å². The highest BCUT2D eigenvalue weighted by atomic mass is 32.1. The van der Waals surface area contributed by atoms with E-state index in [1.807, 2.05) is 13.8 Å². The Hall–Kier alpha value is -0.680. The zero-order valence-electron chi connectivity index (χ0n) is 6.96. The quantitative estimate of drug-likeness (QED) is 0.722. The van der Waals surface area contributed by atoms with E-state index in [2.05, 4.69) is 0 Å². The summed E-state index contributed by atoms with van der Waals surface area (Å²) < 4.78 is 1.60. The normalized spacial score (nSPS) is 10.2. The van der Waals surface area contributed by atoms with Gasteiger partial charge in [-0.25, -0.2) is 0 Å². The molecule has 0 bridgehead atoms. The van der Waals surface area contributed by atoms with Crippen LogP contribution >= 0.6 is 23.6 Å². The summed E-state index contributed by atoms with van der Waals surface area (Å²) in [7, 11) is 0. The molecular weight excluding hydrogens is 192 g/mol. The van der Waals surface area contributed by atoms with Gasteiger partial charge in [0.2, 0.25) is 0 Å². The van der Waals surface area contributed by atoms with Crippen LogP contribution in [0.15, 0.2) is 4.79 Å². The van der Waals surface area contributed by atoms with Crippen LogP contribution in [0, 0.1) is 13.8 Å². The smallest absolute Gasteiger partial charge is 0.307 e. The summed E-state index contributed by atoms with van der Waals surface area (Å²) >= 11 is 5.96. The summed E-state index contributed by atoms with van der Waals surface area (Å²) in [6.07, 6.45) is 0. The second kappa shape index (κ2) is 3.37. The van der Waals surface area contributed by atoms with Gasteiger partial charge in [-0.1, -0.05) is 23.6 Å². The second-order valence-corrected chi connectivity index (χ2v) is 4.25. The van der Waals surface area contributed by atoms with Crippen molar-refractivity contribution in [1.29, 1.82) is 0 Å². The Morgan fingerprint density at radius 2 is 2.25 bits per heavy atom. The van der Waals surface area contributed by atoms with E-state index in [0.717, 1.165) is 10.6 Å². The average molecular weight is 202 g/mol. The van der Waals surface area contributed by atoms with Gasteiger partial charge in [-0.2, -0.15) is 0 Å². The molecule has 0 amide bonds. The molecule has 2 N–H and O–H groups in total. The van der Waals surface area contributed by atoms with Crippen molar-refractivity contribution in [2.24, 2.45) is 5.73 Å². The summed E-state index contributed by atoms with van der Waals surface area (Å²) in [5.41, 5.74) is 6.30. The highest BCUT2D eigenvalue weighted by Crippen LogP contribution is 2.08. The predicted molar refractivity (Wildman–Crippen MR) is 54.8 cm³/mol. The Bertz CT molecular complexity index is 364. The van der Waals surface area contributed by atoms with Gasteiger partial charge in [0.05, 0.1) is 11.5 Å². The molecule has 12 heavy (non-hydrogen) atoms. The lowest BCUT2D eigenvalue weighted by Gasteiger charge is -2.01. The minimum Gasteiger partial charge on any atom is -0.392 e. The molecule has 1 rings (SSSR count). The maximum atomic E-state index is 11.3. The first-order valence-electron chi connectivity index (χ1n) is 3.47. The molecule has 0 aliphatic carbocycles. The molecule has 0 saturated heterocycles. The van der Waals surface area contributed by atoms with E-state index >= 15 is 0 Å². The van der Waals surface area contributed by atoms with Gasteiger partial charge in [-0.05, 0) is 13.8 Å². The minimum atomic E-state index is 0.0119. The van der Waals surface area contributed by atoms with Crippen molar-refractivity contribution in [1.82, 2.24) is 4.57 Å². The van der Waals surface area contributed by atoms with Crippen molar-refractivity contribution in [3.8, 4) is 0 Å². The van der Waals surface area contributed by atoms with Crippen molar-refractivity contribution in [3.63, 3.8) is 0 Å². The molecule has 3 nitrogen and oxygen atoms in total. The van der Waals surface area contributed by atoms with E-state index < -0.39 is 0 Å². The summed E-state index contributed by atoms with van der Waals surface area (Å²) in [5.74, 6) is 0. The Morgan fingerprint density at radius 1 is 1.67 bits per heavy atom. The number of aromatic nitrogens is 1. The molecule has 66 valence electrons. The summed E-state index contributed by atoms with van der Waals surface area (Å²) in [6.45, 7) is 4.16. The first-order chi connectivity index (χ1) is 5.52. The number of aryl methyl sites for hydroxylation is 1. The van der Waals surface area contributed by atoms with Gasteiger partial charge in [0, 0.05) is 10.6 Å². The fourth-order valence-corrected chi connectivity index (χ4v) is 1.89. The standard InChI is InChI=1S/C7H10N2OS2/c1-4-5(2)12-7(10)9(4)3-6(8)11/h3H2,1-2H3,(H2,8,11). The van der Waals surface area contributed by atoms with Gasteiger partial charge < -0.3 is 5.73 Å². The van der Waals surface area contributed by atoms with Gasteiger partial charge >= 0.3 is 4.87 Å². The first-order valence-corrected chi connectivity index (χ1v) is 4.70. The van der Waals surface area contributed by atoms with Gasteiger partial charge in [0.1, 0.15) is 0 Å². The minimum absolute atomic E-state index is 0.0119. The summed E-state index contributed by atoms with van der Waals surface area (Å²) in [5, 5.41) is 0. The highest BCUT2D eigenvalue weighted by Gasteiger charge is 2.06. The lowest BCUT2D eigenvalue weighted by atomic mass is 10.4. The third-order valence-electron chi connectivity index (χ3n) is 1.69. The SMILES string of the molecule is Cc1sc(=O)n(CC(N)=S)c1C. The van der Waals surface area contributed by atoms with Gasteiger partial charge in [0.15, 0.2) is 0 Å². The monoisotopic (exact) mass is 202 g/mol. The lowest BCUT2D eigenvalue weighted by Crippen LogP contribution is -2.24. The number of nitrogens with two attached hydrogens (primary N) is 1. The van der Waals surface area contributed by atoms with Gasteiger partial charge in [-0.15, -0.1) is 0 Å². The largest absolute Gasteiger partial charge is 0.392 e. The van der Waals surface area contributed by atoms with E-state index in [1.165, 1.54) is 11.3 Å². The van der Waals surface area contributed by atoms with Crippen molar-refractivity contribution >= 4 is 28.5 Å². The van der Waals surface area contributed by atoms with Crippen LogP contribution in [0.4, 0.5) is 0 Å².